The molecule has 0 radical (unpaired) electrons. The number of anilines is 1. The van der Waals surface area contributed by atoms with E-state index in [2.05, 4.69) is 15.8 Å². The summed E-state index contributed by atoms with van der Waals surface area (Å²) in [6.07, 6.45) is 1.15. The van der Waals surface area contributed by atoms with E-state index in [1.54, 1.807) is 24.3 Å². The average Bonchev–Trinajstić information content (AvgIpc) is 2.65. The number of hydrogen-bond acceptors (Lipinski definition) is 5. The smallest absolute Gasteiger partial charge is 0.240 e. The Morgan fingerprint density at radius 3 is 2.50 bits per heavy atom. The molecule has 148 valence electrons. The van der Waals surface area contributed by atoms with Crippen molar-refractivity contribution in [2.75, 3.05) is 11.9 Å². The standard InChI is InChI=1S/C19H19Cl2N3O4/c1-2-28-15-5-3-14(4-6-15)23-17(25)7-8-18(26)24-22-11-12-9-13(20)10-16(21)19(12)27/h3-6,9-11,27H,2,7-8H2,1H3,(H,23,25)(H,24,26)/b22-11+. The van der Waals surface area contributed by atoms with E-state index in [0.29, 0.717) is 23.1 Å². The van der Waals surface area contributed by atoms with Gasteiger partial charge in [-0.2, -0.15) is 5.10 Å². The fraction of sp³-hybridized carbons (Fsp3) is 0.211. The third-order valence-corrected chi connectivity index (χ3v) is 3.99. The van der Waals surface area contributed by atoms with Crippen LogP contribution in [0, 0.1) is 0 Å². The molecule has 2 aromatic carbocycles. The van der Waals surface area contributed by atoms with Crippen LogP contribution < -0.4 is 15.5 Å². The summed E-state index contributed by atoms with van der Waals surface area (Å²) < 4.78 is 5.33. The van der Waals surface area contributed by atoms with Gasteiger partial charge in [-0.05, 0) is 43.3 Å². The lowest BCUT2D eigenvalue weighted by Gasteiger charge is -2.07. The van der Waals surface area contributed by atoms with Crippen molar-refractivity contribution in [3.05, 3.63) is 52.0 Å². The summed E-state index contributed by atoms with van der Waals surface area (Å²) in [5.74, 6) is -0.239. The molecule has 0 saturated heterocycles. The molecule has 0 aromatic heterocycles. The number of aromatic hydroxyl groups is 1. The SMILES string of the molecule is CCOc1ccc(NC(=O)CCC(=O)N/N=C/c2cc(Cl)cc(Cl)c2O)cc1. The molecule has 0 aliphatic rings. The van der Waals surface area contributed by atoms with Crippen LogP contribution >= 0.6 is 23.2 Å². The van der Waals surface area contributed by atoms with E-state index < -0.39 is 5.91 Å². The highest BCUT2D eigenvalue weighted by Gasteiger charge is 2.08. The van der Waals surface area contributed by atoms with Crippen LogP contribution in [0.4, 0.5) is 5.69 Å². The molecule has 28 heavy (non-hydrogen) atoms. The predicted molar refractivity (Wildman–Crippen MR) is 109 cm³/mol. The van der Waals surface area contributed by atoms with Crippen molar-refractivity contribution in [1.82, 2.24) is 5.43 Å². The normalized spacial score (nSPS) is 10.7. The number of nitrogens with zero attached hydrogens (tertiary/aromatic N) is 1. The number of hydrazone groups is 1. The Kier molecular flexibility index (Phi) is 8.10. The molecule has 7 nitrogen and oxygen atoms in total. The molecule has 0 heterocycles. The number of hydrogen-bond donors (Lipinski definition) is 3. The minimum Gasteiger partial charge on any atom is -0.506 e. The van der Waals surface area contributed by atoms with Crippen LogP contribution in [0.25, 0.3) is 0 Å². The predicted octanol–water partition coefficient (Wildman–Crippen LogP) is 3.97. The molecular formula is C19H19Cl2N3O4. The Labute approximate surface area is 172 Å². The quantitative estimate of drug-likeness (QED) is 0.441. The second kappa shape index (κ2) is 10.5. The number of rotatable bonds is 8. The summed E-state index contributed by atoms with van der Waals surface area (Å²) >= 11 is 11.6. The zero-order chi connectivity index (χ0) is 20.5. The fourth-order valence-electron chi connectivity index (χ4n) is 2.17. The van der Waals surface area contributed by atoms with Crippen LogP contribution in [0.3, 0.4) is 0 Å². The topological polar surface area (TPSA) is 100 Å². The van der Waals surface area contributed by atoms with Crippen LogP contribution in [0.1, 0.15) is 25.3 Å². The molecule has 0 aliphatic heterocycles. The van der Waals surface area contributed by atoms with E-state index >= 15 is 0 Å². The minimum atomic E-state index is -0.453. The molecule has 0 aliphatic carbocycles. The lowest BCUT2D eigenvalue weighted by atomic mass is 10.2. The van der Waals surface area contributed by atoms with E-state index in [-0.39, 0.29) is 35.1 Å². The first kappa shape index (κ1) is 21.5. The Morgan fingerprint density at radius 1 is 1.14 bits per heavy atom. The van der Waals surface area contributed by atoms with Gasteiger partial charge in [-0.3, -0.25) is 9.59 Å². The molecule has 0 unspecified atom stereocenters. The largest absolute Gasteiger partial charge is 0.506 e. The lowest BCUT2D eigenvalue weighted by Crippen LogP contribution is -2.20. The molecular weight excluding hydrogens is 405 g/mol. The highest BCUT2D eigenvalue weighted by molar-refractivity contribution is 6.36. The summed E-state index contributed by atoms with van der Waals surface area (Å²) in [5, 5.41) is 16.6. The number of amides is 2. The van der Waals surface area contributed by atoms with Crippen molar-refractivity contribution in [3.63, 3.8) is 0 Å². The molecule has 0 fully saturated rings. The first-order valence-corrected chi connectivity index (χ1v) is 9.17. The first-order chi connectivity index (χ1) is 13.4. The molecule has 2 amide bonds. The number of nitrogens with one attached hydrogen (secondary N) is 2. The van der Waals surface area contributed by atoms with Gasteiger partial charge in [0.1, 0.15) is 11.5 Å². The second-order valence-electron chi connectivity index (χ2n) is 5.62. The summed E-state index contributed by atoms with van der Waals surface area (Å²) in [6.45, 7) is 2.45. The summed E-state index contributed by atoms with van der Waals surface area (Å²) in [6, 6.07) is 9.77. The molecule has 2 rings (SSSR count). The van der Waals surface area contributed by atoms with E-state index in [4.69, 9.17) is 27.9 Å². The van der Waals surface area contributed by atoms with Gasteiger partial charge in [-0.25, -0.2) is 5.43 Å². The van der Waals surface area contributed by atoms with Crippen LogP contribution in [-0.4, -0.2) is 29.7 Å². The van der Waals surface area contributed by atoms with Crippen LogP contribution in [0.5, 0.6) is 11.5 Å². The first-order valence-electron chi connectivity index (χ1n) is 8.41. The molecule has 0 spiro atoms. The zero-order valence-corrected chi connectivity index (χ0v) is 16.5. The zero-order valence-electron chi connectivity index (χ0n) is 15.0. The molecule has 9 heteroatoms. The van der Waals surface area contributed by atoms with Crippen molar-refractivity contribution in [3.8, 4) is 11.5 Å². The van der Waals surface area contributed by atoms with E-state index in [0.717, 1.165) is 0 Å². The van der Waals surface area contributed by atoms with Gasteiger partial charge in [0.15, 0.2) is 0 Å². The maximum Gasteiger partial charge on any atom is 0.240 e. The average molecular weight is 424 g/mol. The van der Waals surface area contributed by atoms with Crippen molar-refractivity contribution < 1.29 is 19.4 Å². The number of benzene rings is 2. The van der Waals surface area contributed by atoms with E-state index in [1.165, 1.54) is 18.3 Å². The van der Waals surface area contributed by atoms with Crippen LogP contribution in [0.2, 0.25) is 10.0 Å². The molecule has 0 saturated carbocycles. The Hall–Kier alpha value is -2.77. The van der Waals surface area contributed by atoms with Gasteiger partial charge in [0.05, 0.1) is 17.8 Å². The van der Waals surface area contributed by atoms with Crippen LogP contribution in [0.15, 0.2) is 41.5 Å². The Balaban J connectivity index is 1.78. The Morgan fingerprint density at radius 2 is 1.82 bits per heavy atom. The number of phenolic OH excluding ortho intramolecular Hbond substituents is 1. The summed E-state index contributed by atoms with van der Waals surface area (Å²) in [4.78, 5) is 23.7. The molecule has 0 bridgehead atoms. The van der Waals surface area contributed by atoms with Crippen molar-refractivity contribution >= 4 is 46.9 Å². The van der Waals surface area contributed by atoms with Crippen molar-refractivity contribution in [2.45, 2.75) is 19.8 Å². The number of phenols is 1. The summed E-state index contributed by atoms with van der Waals surface area (Å²) in [5.41, 5.74) is 3.14. The highest BCUT2D eigenvalue weighted by Crippen LogP contribution is 2.29. The van der Waals surface area contributed by atoms with Crippen molar-refractivity contribution in [1.29, 1.82) is 0 Å². The van der Waals surface area contributed by atoms with Gasteiger partial charge >= 0.3 is 0 Å². The van der Waals surface area contributed by atoms with Gasteiger partial charge in [0, 0.05) is 29.1 Å². The maximum atomic E-state index is 11.9. The van der Waals surface area contributed by atoms with Crippen molar-refractivity contribution in [2.24, 2.45) is 5.10 Å². The molecule has 3 N–H and O–H groups in total. The monoisotopic (exact) mass is 423 g/mol. The molecule has 2 aromatic rings. The van der Waals surface area contributed by atoms with Gasteiger partial charge < -0.3 is 15.2 Å². The molecule has 0 atom stereocenters. The lowest BCUT2D eigenvalue weighted by molar-refractivity contribution is -0.124. The number of carbonyl (C=O) groups excluding carboxylic acids is 2. The van der Waals surface area contributed by atoms with Gasteiger partial charge in [0.25, 0.3) is 0 Å². The third-order valence-electron chi connectivity index (χ3n) is 3.48. The van der Waals surface area contributed by atoms with Gasteiger partial charge in [-0.15, -0.1) is 0 Å². The van der Waals surface area contributed by atoms with Crippen LogP contribution in [-0.2, 0) is 9.59 Å². The fourth-order valence-corrected chi connectivity index (χ4v) is 2.67. The number of halogens is 2. The van der Waals surface area contributed by atoms with Gasteiger partial charge in [0.2, 0.25) is 11.8 Å². The number of ether oxygens (including phenoxy) is 1. The van der Waals surface area contributed by atoms with E-state index in [1.807, 2.05) is 6.92 Å². The third kappa shape index (κ3) is 6.75. The minimum absolute atomic E-state index is 0.0111. The van der Waals surface area contributed by atoms with Gasteiger partial charge in [-0.1, -0.05) is 23.2 Å². The second-order valence-corrected chi connectivity index (χ2v) is 6.47. The maximum absolute atomic E-state index is 11.9. The number of carbonyl (C=O) groups is 2. The van der Waals surface area contributed by atoms with E-state index in [9.17, 15) is 14.7 Å². The summed E-state index contributed by atoms with van der Waals surface area (Å²) in [7, 11) is 0. The Bertz CT molecular complexity index is 870. The highest BCUT2D eigenvalue weighted by atomic mass is 35.5.